The van der Waals surface area contributed by atoms with Gasteiger partial charge in [-0.25, -0.2) is 4.68 Å². The van der Waals surface area contributed by atoms with Gasteiger partial charge in [0.2, 0.25) is 0 Å². The Morgan fingerprint density at radius 3 is 2.81 bits per heavy atom. The second kappa shape index (κ2) is 7.22. The number of aromatic nitrogens is 3. The third-order valence-corrected chi connectivity index (χ3v) is 4.56. The van der Waals surface area contributed by atoms with Crippen LogP contribution >= 0.6 is 12.4 Å². The van der Waals surface area contributed by atoms with E-state index in [1.54, 1.807) is 0 Å². The van der Waals surface area contributed by atoms with Crippen molar-refractivity contribution in [2.45, 2.75) is 57.0 Å². The van der Waals surface area contributed by atoms with Crippen molar-refractivity contribution < 1.29 is 9.90 Å². The molecule has 0 aromatic carbocycles. The van der Waals surface area contributed by atoms with Crippen molar-refractivity contribution in [3.8, 4) is 0 Å². The summed E-state index contributed by atoms with van der Waals surface area (Å²) in [4.78, 5) is 10.9. The highest BCUT2D eigenvalue weighted by Crippen LogP contribution is 2.26. The number of nitrogens with one attached hydrogen (secondary N) is 1. The van der Waals surface area contributed by atoms with Gasteiger partial charge in [0.05, 0.1) is 11.7 Å². The molecule has 1 aliphatic carbocycles. The second-order valence-electron chi connectivity index (χ2n) is 6.09. The highest BCUT2D eigenvalue weighted by Gasteiger charge is 2.31. The minimum atomic E-state index is -0.782. The number of carboxylic acid groups (broad SMARTS) is 1. The number of hydrogen-bond donors (Lipinski definition) is 2. The van der Waals surface area contributed by atoms with Crippen LogP contribution in [-0.2, 0) is 11.2 Å². The van der Waals surface area contributed by atoms with E-state index < -0.39 is 12.0 Å². The van der Waals surface area contributed by atoms with Crippen LogP contribution in [0.1, 0.15) is 50.3 Å². The first-order chi connectivity index (χ1) is 9.72. The zero-order valence-electron chi connectivity index (χ0n) is 12.1. The first kappa shape index (κ1) is 16.2. The number of carboxylic acids is 1. The molecule has 2 fully saturated rings. The maximum Gasteiger partial charge on any atom is 0.320 e. The lowest BCUT2D eigenvalue weighted by molar-refractivity contribution is -0.139. The Balaban J connectivity index is 0.00000161. The number of carbonyl (C=O) groups is 1. The van der Waals surface area contributed by atoms with Gasteiger partial charge in [-0.1, -0.05) is 37.3 Å². The summed E-state index contributed by atoms with van der Waals surface area (Å²) in [5.41, 5.74) is 1.05. The maximum absolute atomic E-state index is 10.9. The lowest BCUT2D eigenvalue weighted by Gasteiger charge is -2.20. The molecule has 1 aromatic heterocycles. The third kappa shape index (κ3) is 3.95. The van der Waals surface area contributed by atoms with Crippen molar-refractivity contribution in [1.29, 1.82) is 0 Å². The van der Waals surface area contributed by atoms with Crippen molar-refractivity contribution in [2.24, 2.45) is 5.92 Å². The van der Waals surface area contributed by atoms with Crippen LogP contribution in [0.3, 0.4) is 0 Å². The fraction of sp³-hybridized carbons (Fsp3) is 0.786. The SMILES string of the molecule is Cl.O=C(O)[C@@H]1C[C@H](n2cc(CC3CCCCC3)nn2)CN1. The molecule has 1 aromatic rings. The summed E-state index contributed by atoms with van der Waals surface area (Å²) in [6.45, 7) is 0.656. The fourth-order valence-corrected chi connectivity index (χ4v) is 3.38. The zero-order chi connectivity index (χ0) is 13.9. The van der Waals surface area contributed by atoms with Crippen LogP contribution < -0.4 is 5.32 Å². The molecule has 7 heteroatoms. The predicted molar refractivity (Wildman–Crippen MR) is 80.6 cm³/mol. The van der Waals surface area contributed by atoms with Crippen LogP contribution in [0, 0.1) is 5.92 Å². The average molecular weight is 315 g/mol. The second-order valence-corrected chi connectivity index (χ2v) is 6.09. The smallest absolute Gasteiger partial charge is 0.320 e. The van der Waals surface area contributed by atoms with Crippen LogP contribution in [0.4, 0.5) is 0 Å². The highest BCUT2D eigenvalue weighted by molar-refractivity contribution is 5.85. The normalized spacial score (nSPS) is 26.5. The van der Waals surface area contributed by atoms with Gasteiger partial charge in [0.15, 0.2) is 0 Å². The summed E-state index contributed by atoms with van der Waals surface area (Å²) in [5.74, 6) is -0.0302. The van der Waals surface area contributed by atoms with E-state index in [1.165, 1.54) is 32.1 Å². The topological polar surface area (TPSA) is 80.0 Å². The van der Waals surface area contributed by atoms with Gasteiger partial charge in [-0.3, -0.25) is 4.79 Å². The highest BCUT2D eigenvalue weighted by atomic mass is 35.5. The maximum atomic E-state index is 10.9. The molecule has 2 aliphatic rings. The first-order valence-corrected chi connectivity index (χ1v) is 7.59. The molecule has 0 bridgehead atoms. The fourth-order valence-electron chi connectivity index (χ4n) is 3.38. The first-order valence-electron chi connectivity index (χ1n) is 7.59. The molecule has 6 nitrogen and oxygen atoms in total. The standard InChI is InChI=1S/C14H22N4O2.ClH/c19-14(20)13-7-12(8-15-13)18-9-11(16-17-18)6-10-4-2-1-3-5-10;/h9-10,12-13,15H,1-8H2,(H,19,20);1H/t12-,13-;/m0./s1. The molecule has 21 heavy (non-hydrogen) atoms. The van der Waals surface area contributed by atoms with Crippen molar-refractivity contribution in [3.63, 3.8) is 0 Å². The van der Waals surface area contributed by atoms with Crippen molar-refractivity contribution in [2.75, 3.05) is 6.54 Å². The van der Waals surface area contributed by atoms with Gasteiger partial charge >= 0.3 is 5.97 Å². The van der Waals surface area contributed by atoms with Crippen LogP contribution in [0.25, 0.3) is 0 Å². The largest absolute Gasteiger partial charge is 0.480 e. The minimum absolute atomic E-state index is 0. The van der Waals surface area contributed by atoms with Crippen LogP contribution in [-0.4, -0.2) is 38.7 Å². The molecule has 1 saturated carbocycles. The summed E-state index contributed by atoms with van der Waals surface area (Å²) in [7, 11) is 0. The molecule has 2 N–H and O–H groups in total. The molecule has 1 saturated heterocycles. The van der Waals surface area contributed by atoms with Gasteiger partial charge in [-0.15, -0.1) is 17.5 Å². The monoisotopic (exact) mass is 314 g/mol. The summed E-state index contributed by atoms with van der Waals surface area (Å²) in [6.07, 6.45) is 10.3. The molecule has 2 heterocycles. The number of nitrogens with zero attached hydrogens (tertiary/aromatic N) is 3. The molecule has 0 radical (unpaired) electrons. The van der Waals surface area contributed by atoms with E-state index in [-0.39, 0.29) is 18.4 Å². The van der Waals surface area contributed by atoms with Crippen LogP contribution in [0.15, 0.2) is 6.20 Å². The molecule has 0 amide bonds. The Kier molecular flexibility index (Phi) is 5.58. The van der Waals surface area contributed by atoms with Crippen LogP contribution in [0.5, 0.6) is 0 Å². The summed E-state index contributed by atoms with van der Waals surface area (Å²) in [5, 5.41) is 20.5. The van der Waals surface area contributed by atoms with E-state index in [2.05, 4.69) is 15.6 Å². The molecule has 118 valence electrons. The van der Waals surface area contributed by atoms with Gasteiger partial charge in [-0.2, -0.15) is 0 Å². The van der Waals surface area contributed by atoms with Gasteiger partial charge in [-0.05, 0) is 18.8 Å². The van der Waals surface area contributed by atoms with E-state index in [1.807, 2.05) is 10.9 Å². The van der Waals surface area contributed by atoms with Gasteiger partial charge in [0, 0.05) is 12.7 Å². The zero-order valence-corrected chi connectivity index (χ0v) is 12.9. The Hall–Kier alpha value is -1.14. The van der Waals surface area contributed by atoms with Gasteiger partial charge < -0.3 is 10.4 Å². The van der Waals surface area contributed by atoms with E-state index in [0.29, 0.717) is 13.0 Å². The van der Waals surface area contributed by atoms with E-state index in [4.69, 9.17) is 5.11 Å². The van der Waals surface area contributed by atoms with Crippen LogP contribution in [0.2, 0.25) is 0 Å². The Bertz CT molecular complexity index is 473. The molecular formula is C14H23ClN4O2. The average Bonchev–Trinajstić information content (AvgIpc) is 3.08. The molecule has 2 atom stereocenters. The Morgan fingerprint density at radius 1 is 1.38 bits per heavy atom. The predicted octanol–water partition coefficient (Wildman–Crippen LogP) is 1.81. The lowest BCUT2D eigenvalue weighted by atomic mass is 9.86. The van der Waals surface area contributed by atoms with Crippen molar-refractivity contribution in [3.05, 3.63) is 11.9 Å². The molecule has 1 aliphatic heterocycles. The molecule has 0 unspecified atom stereocenters. The van der Waals surface area contributed by atoms with E-state index >= 15 is 0 Å². The van der Waals surface area contributed by atoms with E-state index in [0.717, 1.165) is 18.0 Å². The Morgan fingerprint density at radius 2 is 2.14 bits per heavy atom. The molecule has 0 spiro atoms. The molecule has 3 rings (SSSR count). The number of halogens is 1. The number of rotatable bonds is 4. The van der Waals surface area contributed by atoms with Gasteiger partial charge in [0.25, 0.3) is 0 Å². The lowest BCUT2D eigenvalue weighted by Crippen LogP contribution is -2.29. The van der Waals surface area contributed by atoms with E-state index in [9.17, 15) is 4.79 Å². The third-order valence-electron chi connectivity index (χ3n) is 4.56. The molecular weight excluding hydrogens is 292 g/mol. The summed E-state index contributed by atoms with van der Waals surface area (Å²) in [6, 6.07) is -0.338. The number of hydrogen-bond acceptors (Lipinski definition) is 4. The number of aliphatic carboxylic acids is 1. The summed E-state index contributed by atoms with van der Waals surface area (Å²) < 4.78 is 1.84. The quantitative estimate of drug-likeness (QED) is 0.886. The van der Waals surface area contributed by atoms with Crippen molar-refractivity contribution in [1.82, 2.24) is 20.3 Å². The van der Waals surface area contributed by atoms with Crippen molar-refractivity contribution >= 4 is 18.4 Å². The van der Waals surface area contributed by atoms with Gasteiger partial charge in [0.1, 0.15) is 6.04 Å². The minimum Gasteiger partial charge on any atom is -0.480 e. The Labute approximate surface area is 130 Å². The summed E-state index contributed by atoms with van der Waals surface area (Å²) >= 11 is 0.